The van der Waals surface area contributed by atoms with Crippen molar-refractivity contribution in [3.63, 3.8) is 0 Å². The fraction of sp³-hybridized carbons (Fsp3) is 0.500. The molecule has 0 spiro atoms. The Morgan fingerprint density at radius 2 is 2.41 bits per heavy atom. The van der Waals surface area contributed by atoms with Gasteiger partial charge in [-0.25, -0.2) is 9.89 Å². The van der Waals surface area contributed by atoms with E-state index in [2.05, 4.69) is 20.6 Å². The zero-order valence-electron chi connectivity index (χ0n) is 9.26. The van der Waals surface area contributed by atoms with Gasteiger partial charge in [-0.2, -0.15) is 9.61 Å². The summed E-state index contributed by atoms with van der Waals surface area (Å²) < 4.78 is 1.23. The van der Waals surface area contributed by atoms with Crippen LogP contribution in [0.3, 0.4) is 0 Å². The lowest BCUT2D eigenvalue weighted by Crippen LogP contribution is -2.31. The normalized spacial score (nSPS) is 17.2. The molecule has 7 heteroatoms. The van der Waals surface area contributed by atoms with Crippen molar-refractivity contribution in [2.24, 2.45) is 11.7 Å². The predicted octanol–water partition coefficient (Wildman–Crippen LogP) is -0.433. The van der Waals surface area contributed by atoms with Crippen molar-refractivity contribution in [2.75, 3.05) is 11.9 Å². The average molecular weight is 234 g/mol. The number of nitrogens with two attached hydrogens (primary N) is 1. The van der Waals surface area contributed by atoms with E-state index < -0.39 is 0 Å². The highest BCUT2D eigenvalue weighted by molar-refractivity contribution is 5.43. The second kappa shape index (κ2) is 3.85. The fourth-order valence-electron chi connectivity index (χ4n) is 1.81. The molecule has 0 radical (unpaired) electrons. The van der Waals surface area contributed by atoms with Crippen LogP contribution >= 0.6 is 0 Å². The molecule has 1 unspecified atom stereocenters. The number of aromatic amines is 1. The Morgan fingerprint density at radius 1 is 1.59 bits per heavy atom. The van der Waals surface area contributed by atoms with E-state index in [1.54, 1.807) is 12.1 Å². The molecule has 1 atom stereocenters. The van der Waals surface area contributed by atoms with Gasteiger partial charge in [0.2, 0.25) is 0 Å². The molecule has 0 aromatic carbocycles. The quantitative estimate of drug-likeness (QED) is 0.666. The van der Waals surface area contributed by atoms with Crippen molar-refractivity contribution in [2.45, 2.75) is 18.9 Å². The van der Waals surface area contributed by atoms with Gasteiger partial charge in [0.15, 0.2) is 5.65 Å². The third-order valence-corrected chi connectivity index (χ3v) is 3.02. The lowest BCUT2D eigenvalue weighted by molar-refractivity contribution is 0.619. The van der Waals surface area contributed by atoms with Crippen LogP contribution in [0, 0.1) is 5.92 Å². The zero-order chi connectivity index (χ0) is 11.8. The first-order valence-corrected chi connectivity index (χ1v) is 5.68. The average Bonchev–Trinajstić information content (AvgIpc) is 3.12. The molecule has 4 N–H and O–H groups in total. The number of aromatic nitrogens is 4. The molecule has 7 nitrogen and oxygen atoms in total. The molecule has 1 saturated carbocycles. The van der Waals surface area contributed by atoms with Crippen LogP contribution in [0.15, 0.2) is 16.9 Å². The summed E-state index contributed by atoms with van der Waals surface area (Å²) in [6.07, 6.45) is 2.44. The van der Waals surface area contributed by atoms with E-state index in [9.17, 15) is 4.79 Å². The standard InChI is InChI=1S/C10H14N6O/c11-7(6-1-2-6)5-12-8-3-4-9-13-14-10(17)16(9)15-8/h3-4,6-7H,1-2,5,11H2,(H,12,15)(H,14,17). The maximum Gasteiger partial charge on any atom is 0.364 e. The molecule has 0 saturated heterocycles. The van der Waals surface area contributed by atoms with Gasteiger partial charge in [0.25, 0.3) is 0 Å². The van der Waals surface area contributed by atoms with E-state index in [1.807, 2.05) is 0 Å². The third-order valence-electron chi connectivity index (χ3n) is 3.02. The number of nitrogens with one attached hydrogen (secondary N) is 2. The van der Waals surface area contributed by atoms with Crippen LogP contribution in [-0.2, 0) is 0 Å². The van der Waals surface area contributed by atoms with Crippen LogP contribution in [0.1, 0.15) is 12.8 Å². The molecule has 3 rings (SSSR count). The molecule has 1 fully saturated rings. The Bertz CT molecular complexity index is 584. The predicted molar refractivity (Wildman–Crippen MR) is 62.8 cm³/mol. The van der Waals surface area contributed by atoms with E-state index in [1.165, 1.54) is 17.4 Å². The first-order valence-electron chi connectivity index (χ1n) is 5.68. The molecular formula is C10H14N6O. The number of fused-ring (bicyclic) bond motifs is 1. The maximum atomic E-state index is 11.3. The van der Waals surface area contributed by atoms with Crippen molar-refractivity contribution in [1.82, 2.24) is 19.8 Å². The Morgan fingerprint density at radius 3 is 3.18 bits per heavy atom. The number of nitrogens with zero attached hydrogens (tertiary/aromatic N) is 3. The lowest BCUT2D eigenvalue weighted by Gasteiger charge is -2.11. The van der Waals surface area contributed by atoms with Crippen molar-refractivity contribution in [3.05, 3.63) is 22.6 Å². The number of hydrogen-bond donors (Lipinski definition) is 3. The second-order valence-electron chi connectivity index (χ2n) is 4.40. The van der Waals surface area contributed by atoms with Crippen LogP contribution in [0.2, 0.25) is 0 Å². The summed E-state index contributed by atoms with van der Waals surface area (Å²) in [7, 11) is 0. The zero-order valence-corrected chi connectivity index (χ0v) is 9.26. The van der Waals surface area contributed by atoms with E-state index in [0.29, 0.717) is 23.9 Å². The first-order chi connectivity index (χ1) is 8.24. The minimum atomic E-state index is -0.338. The van der Waals surface area contributed by atoms with Gasteiger partial charge in [-0.3, -0.25) is 0 Å². The van der Waals surface area contributed by atoms with Gasteiger partial charge in [0.1, 0.15) is 5.82 Å². The van der Waals surface area contributed by atoms with Gasteiger partial charge in [0.05, 0.1) is 0 Å². The van der Waals surface area contributed by atoms with Gasteiger partial charge < -0.3 is 11.1 Å². The Kier molecular flexibility index (Phi) is 2.32. The molecule has 17 heavy (non-hydrogen) atoms. The van der Waals surface area contributed by atoms with Gasteiger partial charge in [-0.15, -0.1) is 5.10 Å². The number of anilines is 1. The minimum absolute atomic E-state index is 0.161. The van der Waals surface area contributed by atoms with Crippen molar-refractivity contribution in [3.8, 4) is 0 Å². The van der Waals surface area contributed by atoms with Gasteiger partial charge >= 0.3 is 5.69 Å². The molecule has 2 aromatic heterocycles. The lowest BCUT2D eigenvalue weighted by atomic mass is 10.2. The number of H-pyrrole nitrogens is 1. The van der Waals surface area contributed by atoms with Gasteiger partial charge in [-0.1, -0.05) is 0 Å². The summed E-state index contributed by atoms with van der Waals surface area (Å²) in [6.45, 7) is 0.676. The largest absolute Gasteiger partial charge is 0.367 e. The SMILES string of the molecule is NC(CNc1ccc2n[nH]c(=O)n2n1)C1CC1. The van der Waals surface area contributed by atoms with E-state index in [0.717, 1.165) is 0 Å². The topological polar surface area (TPSA) is 101 Å². The third kappa shape index (κ3) is 2.01. The van der Waals surface area contributed by atoms with Crippen LogP contribution in [0.5, 0.6) is 0 Å². The Balaban J connectivity index is 1.75. The summed E-state index contributed by atoms with van der Waals surface area (Å²) in [5, 5.41) is 13.4. The summed E-state index contributed by atoms with van der Waals surface area (Å²) in [6, 6.07) is 3.68. The Labute approximate surface area is 97.0 Å². The van der Waals surface area contributed by atoms with E-state index in [-0.39, 0.29) is 11.7 Å². The van der Waals surface area contributed by atoms with Crippen LogP contribution in [0.4, 0.5) is 5.82 Å². The van der Waals surface area contributed by atoms with E-state index >= 15 is 0 Å². The number of hydrogen-bond acceptors (Lipinski definition) is 5. The minimum Gasteiger partial charge on any atom is -0.367 e. The molecule has 2 heterocycles. The fourth-order valence-corrected chi connectivity index (χ4v) is 1.81. The van der Waals surface area contributed by atoms with E-state index in [4.69, 9.17) is 5.73 Å². The van der Waals surface area contributed by atoms with Crippen LogP contribution < -0.4 is 16.7 Å². The van der Waals surface area contributed by atoms with Gasteiger partial charge in [0, 0.05) is 12.6 Å². The molecule has 90 valence electrons. The summed E-state index contributed by atoms with van der Waals surface area (Å²) in [5.41, 5.74) is 6.14. The smallest absolute Gasteiger partial charge is 0.364 e. The van der Waals surface area contributed by atoms with Crippen LogP contribution in [-0.4, -0.2) is 32.4 Å². The van der Waals surface area contributed by atoms with Gasteiger partial charge in [-0.05, 0) is 30.9 Å². The highest BCUT2D eigenvalue weighted by atomic mass is 16.2. The summed E-state index contributed by atoms with van der Waals surface area (Å²) in [4.78, 5) is 11.3. The number of rotatable bonds is 4. The molecule has 0 amide bonds. The molecule has 1 aliphatic rings. The highest BCUT2D eigenvalue weighted by Crippen LogP contribution is 2.31. The first kappa shape index (κ1) is 10.3. The summed E-state index contributed by atoms with van der Waals surface area (Å²) >= 11 is 0. The van der Waals surface area contributed by atoms with Crippen molar-refractivity contribution >= 4 is 11.5 Å². The molecule has 0 aliphatic heterocycles. The van der Waals surface area contributed by atoms with Crippen molar-refractivity contribution < 1.29 is 0 Å². The summed E-state index contributed by atoms with van der Waals surface area (Å²) in [5.74, 6) is 1.28. The molecule has 2 aromatic rings. The molecule has 0 bridgehead atoms. The molecular weight excluding hydrogens is 220 g/mol. The Hall–Kier alpha value is -1.89. The van der Waals surface area contributed by atoms with Crippen molar-refractivity contribution in [1.29, 1.82) is 0 Å². The highest BCUT2D eigenvalue weighted by Gasteiger charge is 2.28. The molecule has 1 aliphatic carbocycles. The monoisotopic (exact) mass is 234 g/mol. The second-order valence-corrected chi connectivity index (χ2v) is 4.40. The van der Waals surface area contributed by atoms with Crippen LogP contribution in [0.25, 0.3) is 5.65 Å². The maximum absolute atomic E-state index is 11.3.